The average Bonchev–Trinajstić information content (AvgIpc) is 2.80. The van der Waals surface area contributed by atoms with Crippen molar-refractivity contribution in [3.8, 4) is 0 Å². The Labute approximate surface area is 134 Å². The lowest BCUT2D eigenvalue weighted by atomic mass is 9.69. The van der Waals surface area contributed by atoms with Crippen molar-refractivity contribution in [3.05, 3.63) is 11.9 Å². The first-order chi connectivity index (χ1) is 10.2. The van der Waals surface area contributed by atoms with E-state index >= 15 is 0 Å². The van der Waals surface area contributed by atoms with E-state index in [1.54, 1.807) is 18.7 Å². The van der Waals surface area contributed by atoms with Crippen LogP contribution in [0.1, 0.15) is 58.6 Å². The second kappa shape index (κ2) is 6.32. The van der Waals surface area contributed by atoms with Crippen LogP contribution in [0, 0.1) is 18.3 Å². The Morgan fingerprint density at radius 3 is 2.36 bits per heavy atom. The van der Waals surface area contributed by atoms with Gasteiger partial charge in [0.1, 0.15) is 4.90 Å². The summed E-state index contributed by atoms with van der Waals surface area (Å²) in [5, 5.41) is 4.03. The molecule has 1 aromatic rings. The van der Waals surface area contributed by atoms with Gasteiger partial charge in [-0.05, 0) is 43.9 Å². The van der Waals surface area contributed by atoms with E-state index in [1.807, 2.05) is 0 Å². The number of sulfonamides is 1. The van der Waals surface area contributed by atoms with E-state index in [9.17, 15) is 8.42 Å². The van der Waals surface area contributed by atoms with Crippen LogP contribution in [0.3, 0.4) is 0 Å². The van der Waals surface area contributed by atoms with E-state index in [2.05, 4.69) is 30.6 Å². The number of aromatic nitrogens is 2. The van der Waals surface area contributed by atoms with Crippen molar-refractivity contribution in [2.45, 2.75) is 70.7 Å². The van der Waals surface area contributed by atoms with Crippen LogP contribution in [0.2, 0.25) is 0 Å². The third kappa shape index (κ3) is 3.54. The lowest BCUT2D eigenvalue weighted by Gasteiger charge is -2.38. The summed E-state index contributed by atoms with van der Waals surface area (Å²) in [7, 11) is -1.71. The molecule has 22 heavy (non-hydrogen) atoms. The Bertz CT molecular complexity index is 611. The van der Waals surface area contributed by atoms with E-state index in [-0.39, 0.29) is 6.04 Å². The Kier molecular flexibility index (Phi) is 5.02. The second-order valence-corrected chi connectivity index (χ2v) is 8.91. The second-order valence-electron chi connectivity index (χ2n) is 7.23. The molecule has 1 aliphatic carbocycles. The molecule has 5 nitrogen and oxygen atoms in total. The number of rotatable bonds is 5. The van der Waals surface area contributed by atoms with Gasteiger partial charge in [0.2, 0.25) is 10.0 Å². The van der Waals surface area contributed by atoms with E-state index in [4.69, 9.17) is 0 Å². The van der Waals surface area contributed by atoms with Gasteiger partial charge in [-0.1, -0.05) is 27.2 Å². The molecule has 0 atom stereocenters. The zero-order chi connectivity index (χ0) is 16.5. The van der Waals surface area contributed by atoms with Crippen molar-refractivity contribution in [1.82, 2.24) is 14.5 Å². The lowest BCUT2D eigenvalue weighted by molar-refractivity contribution is 0.142. The maximum Gasteiger partial charge on any atom is 0.244 e. The summed E-state index contributed by atoms with van der Waals surface area (Å²) in [6, 6.07) is 0.0495. The first kappa shape index (κ1) is 17.5. The van der Waals surface area contributed by atoms with Gasteiger partial charge in [0, 0.05) is 13.1 Å². The summed E-state index contributed by atoms with van der Waals surface area (Å²) in [5.41, 5.74) is 1.03. The molecule has 0 saturated heterocycles. The highest BCUT2D eigenvalue weighted by Crippen LogP contribution is 2.40. The molecular weight excluding hydrogens is 298 g/mol. The van der Waals surface area contributed by atoms with Gasteiger partial charge in [-0.25, -0.2) is 13.1 Å². The number of hydrogen-bond donors (Lipinski definition) is 1. The SMILES string of the molecule is CCC(C)(C)C1CCC(NS(=O)(=O)c2cnn(C)c2C)CC1. The van der Waals surface area contributed by atoms with Crippen LogP contribution >= 0.6 is 0 Å². The molecule has 0 spiro atoms. The van der Waals surface area contributed by atoms with E-state index in [0.717, 1.165) is 25.7 Å². The highest BCUT2D eigenvalue weighted by molar-refractivity contribution is 7.89. The molecule has 1 aliphatic rings. The van der Waals surface area contributed by atoms with Gasteiger partial charge in [0.25, 0.3) is 0 Å². The maximum atomic E-state index is 12.5. The summed E-state index contributed by atoms with van der Waals surface area (Å²) in [5.74, 6) is 0.693. The van der Waals surface area contributed by atoms with Crippen LogP contribution in [-0.4, -0.2) is 24.2 Å². The molecule has 1 N–H and O–H groups in total. The smallest absolute Gasteiger partial charge is 0.244 e. The molecule has 0 radical (unpaired) electrons. The maximum absolute atomic E-state index is 12.5. The van der Waals surface area contributed by atoms with Gasteiger partial charge in [-0.2, -0.15) is 5.10 Å². The first-order valence-corrected chi connectivity index (χ1v) is 9.66. The molecule has 1 heterocycles. The molecule has 0 bridgehead atoms. The number of nitrogens with zero attached hydrogens (tertiary/aromatic N) is 2. The summed E-state index contributed by atoms with van der Waals surface area (Å²) < 4.78 is 29.5. The summed E-state index contributed by atoms with van der Waals surface area (Å²) >= 11 is 0. The molecule has 1 aromatic heterocycles. The van der Waals surface area contributed by atoms with E-state index in [1.165, 1.54) is 12.6 Å². The van der Waals surface area contributed by atoms with Gasteiger partial charge < -0.3 is 0 Å². The van der Waals surface area contributed by atoms with Crippen molar-refractivity contribution in [2.24, 2.45) is 18.4 Å². The minimum absolute atomic E-state index is 0.0495. The van der Waals surface area contributed by atoms with Gasteiger partial charge >= 0.3 is 0 Å². The fraction of sp³-hybridized carbons (Fsp3) is 0.812. The zero-order valence-electron chi connectivity index (χ0n) is 14.4. The molecule has 0 unspecified atom stereocenters. The highest BCUT2D eigenvalue weighted by Gasteiger charge is 2.33. The Balaban J connectivity index is 2.00. The minimum atomic E-state index is -3.46. The molecule has 1 fully saturated rings. The van der Waals surface area contributed by atoms with Gasteiger partial charge in [-0.15, -0.1) is 0 Å². The van der Waals surface area contributed by atoms with Gasteiger partial charge in [-0.3, -0.25) is 4.68 Å². The third-order valence-corrected chi connectivity index (χ3v) is 7.17. The number of hydrogen-bond acceptors (Lipinski definition) is 3. The predicted molar refractivity (Wildman–Crippen MR) is 88.1 cm³/mol. The number of nitrogens with one attached hydrogen (secondary N) is 1. The molecule has 0 amide bonds. The minimum Gasteiger partial charge on any atom is -0.272 e. The monoisotopic (exact) mass is 327 g/mol. The van der Waals surface area contributed by atoms with Crippen LogP contribution in [0.5, 0.6) is 0 Å². The van der Waals surface area contributed by atoms with Crippen LogP contribution in [0.4, 0.5) is 0 Å². The predicted octanol–water partition coefficient (Wildman–Crippen LogP) is 3.00. The van der Waals surface area contributed by atoms with Crippen LogP contribution in [-0.2, 0) is 17.1 Å². The molecule has 0 aliphatic heterocycles. The molecule has 126 valence electrons. The molecule has 2 rings (SSSR count). The van der Waals surface area contributed by atoms with Crippen molar-refractivity contribution in [1.29, 1.82) is 0 Å². The largest absolute Gasteiger partial charge is 0.272 e. The summed E-state index contributed by atoms with van der Waals surface area (Å²) in [6.07, 6.45) is 6.64. The standard InChI is InChI=1S/C16H29N3O2S/c1-6-16(3,4)13-7-9-14(10-8-13)18-22(20,21)15-11-17-19(5)12(15)2/h11,13-14,18H,6-10H2,1-5H3. The van der Waals surface area contributed by atoms with Crippen molar-refractivity contribution in [2.75, 3.05) is 0 Å². The normalized spacial score (nSPS) is 23.7. The van der Waals surface area contributed by atoms with Crippen LogP contribution in [0.15, 0.2) is 11.1 Å². The topological polar surface area (TPSA) is 64.0 Å². The summed E-state index contributed by atoms with van der Waals surface area (Å²) in [6.45, 7) is 8.66. The lowest BCUT2D eigenvalue weighted by Crippen LogP contribution is -2.40. The fourth-order valence-corrected chi connectivity index (χ4v) is 4.82. The molecule has 1 saturated carbocycles. The van der Waals surface area contributed by atoms with Crippen LogP contribution < -0.4 is 4.72 Å². The highest BCUT2D eigenvalue weighted by atomic mass is 32.2. The fourth-order valence-electron chi connectivity index (χ4n) is 3.31. The van der Waals surface area contributed by atoms with E-state index in [0.29, 0.717) is 21.9 Å². The average molecular weight is 327 g/mol. The number of aryl methyl sites for hydroxylation is 1. The summed E-state index contributed by atoms with van der Waals surface area (Å²) in [4.78, 5) is 0.297. The first-order valence-electron chi connectivity index (χ1n) is 8.18. The molecule has 0 aromatic carbocycles. The van der Waals surface area contributed by atoms with Gasteiger partial charge in [0.15, 0.2) is 0 Å². The van der Waals surface area contributed by atoms with E-state index < -0.39 is 10.0 Å². The van der Waals surface area contributed by atoms with Crippen molar-refractivity contribution < 1.29 is 8.42 Å². The Morgan fingerprint density at radius 1 is 1.32 bits per heavy atom. The van der Waals surface area contributed by atoms with Crippen molar-refractivity contribution >= 4 is 10.0 Å². The Morgan fingerprint density at radius 2 is 1.91 bits per heavy atom. The third-order valence-electron chi connectivity index (χ3n) is 5.55. The molecular formula is C16H29N3O2S. The Hall–Kier alpha value is -0.880. The quantitative estimate of drug-likeness (QED) is 0.904. The van der Waals surface area contributed by atoms with Crippen LogP contribution in [0.25, 0.3) is 0 Å². The van der Waals surface area contributed by atoms with Gasteiger partial charge in [0.05, 0.1) is 11.9 Å². The zero-order valence-corrected chi connectivity index (χ0v) is 15.2. The molecule has 6 heteroatoms. The van der Waals surface area contributed by atoms with Crippen molar-refractivity contribution in [3.63, 3.8) is 0 Å².